The summed E-state index contributed by atoms with van der Waals surface area (Å²) in [6, 6.07) is 18.0. The van der Waals surface area contributed by atoms with Crippen LogP contribution in [0, 0.1) is 6.92 Å². The first-order valence-corrected chi connectivity index (χ1v) is 9.81. The third kappa shape index (κ3) is 6.09. The molecular weight excluding hydrogens is 431 g/mol. The third-order valence-electron chi connectivity index (χ3n) is 4.86. The molecule has 2 heterocycles. The molecule has 0 saturated heterocycles. The minimum Gasteiger partial charge on any atom is -0.493 e. The van der Waals surface area contributed by atoms with Gasteiger partial charge in [-0.25, -0.2) is 0 Å². The Morgan fingerprint density at radius 2 is 1.84 bits per heavy atom. The van der Waals surface area contributed by atoms with Gasteiger partial charge in [0.1, 0.15) is 5.75 Å². The number of aryl methyl sites for hydroxylation is 1. The second-order valence-electron chi connectivity index (χ2n) is 7.07. The van der Waals surface area contributed by atoms with E-state index in [0.717, 1.165) is 47.5 Å². The molecule has 0 unspecified atom stereocenters. The van der Waals surface area contributed by atoms with E-state index in [0.29, 0.717) is 11.5 Å². The van der Waals surface area contributed by atoms with E-state index in [1.54, 1.807) is 13.3 Å². The number of pyridine rings is 1. The summed E-state index contributed by atoms with van der Waals surface area (Å²) in [4.78, 5) is 9.00. The van der Waals surface area contributed by atoms with Gasteiger partial charge < -0.3 is 9.47 Å². The fraction of sp³-hybridized carbons (Fsp3) is 0.200. The van der Waals surface area contributed by atoms with Crippen molar-refractivity contribution < 1.29 is 9.47 Å². The standard InChI is InChI=1S/C25H24N2O2.2ClH/c1-18-6-3-9-22(14-18)29-23-11-10-19(16-24(23)28-2)15-20-7-5-13-27-25(20)21-8-4-12-26-17-21;;/h3-4,6,8-12,14-17H,5,7,13H2,1-2H3;2*1H. The SMILES string of the molecule is COc1cc(C=C2CCCN=C2c2cccnc2)ccc1Oc1cccc(C)c1.Cl.Cl. The Morgan fingerprint density at radius 3 is 2.58 bits per heavy atom. The van der Waals surface area contributed by atoms with E-state index in [1.807, 2.05) is 55.6 Å². The Bertz CT molecular complexity index is 1070. The Labute approximate surface area is 195 Å². The summed E-state index contributed by atoms with van der Waals surface area (Å²) in [5.41, 5.74) is 5.53. The predicted octanol–water partition coefficient (Wildman–Crippen LogP) is 6.70. The molecule has 4 nitrogen and oxygen atoms in total. The highest BCUT2D eigenvalue weighted by Crippen LogP contribution is 2.33. The number of methoxy groups -OCH3 is 1. The van der Waals surface area contributed by atoms with Crippen LogP contribution in [0.5, 0.6) is 17.2 Å². The molecule has 162 valence electrons. The fourth-order valence-electron chi connectivity index (χ4n) is 3.47. The Kier molecular flexibility index (Phi) is 9.10. The maximum absolute atomic E-state index is 6.04. The predicted molar refractivity (Wildman–Crippen MR) is 132 cm³/mol. The number of rotatable bonds is 5. The van der Waals surface area contributed by atoms with Crippen molar-refractivity contribution in [3.05, 3.63) is 89.3 Å². The van der Waals surface area contributed by atoms with Crippen LogP contribution in [0.25, 0.3) is 6.08 Å². The Morgan fingerprint density at radius 1 is 0.968 bits per heavy atom. The van der Waals surface area contributed by atoms with Crippen molar-refractivity contribution in [3.63, 3.8) is 0 Å². The van der Waals surface area contributed by atoms with Gasteiger partial charge in [-0.15, -0.1) is 24.8 Å². The summed E-state index contributed by atoms with van der Waals surface area (Å²) in [5.74, 6) is 2.20. The lowest BCUT2D eigenvalue weighted by Gasteiger charge is -2.17. The highest BCUT2D eigenvalue weighted by Gasteiger charge is 2.15. The molecule has 0 amide bonds. The van der Waals surface area contributed by atoms with E-state index in [-0.39, 0.29) is 24.8 Å². The Hall–Kier alpha value is -2.82. The molecule has 0 atom stereocenters. The number of benzene rings is 2. The molecule has 0 fully saturated rings. The normalized spacial score (nSPS) is 14.1. The van der Waals surface area contributed by atoms with Crippen molar-refractivity contribution in [2.45, 2.75) is 19.8 Å². The summed E-state index contributed by atoms with van der Waals surface area (Å²) in [6.45, 7) is 2.90. The third-order valence-corrected chi connectivity index (χ3v) is 4.86. The molecule has 0 saturated carbocycles. The molecule has 3 aromatic rings. The van der Waals surface area contributed by atoms with Crippen molar-refractivity contribution in [1.82, 2.24) is 4.98 Å². The molecular formula is C25H26Cl2N2O2. The van der Waals surface area contributed by atoms with Crippen molar-refractivity contribution in [1.29, 1.82) is 0 Å². The first kappa shape index (κ1) is 24.4. The van der Waals surface area contributed by atoms with E-state index >= 15 is 0 Å². The maximum atomic E-state index is 6.04. The highest BCUT2D eigenvalue weighted by molar-refractivity contribution is 6.15. The molecule has 0 bridgehead atoms. The largest absolute Gasteiger partial charge is 0.493 e. The number of nitrogens with zero attached hydrogens (tertiary/aromatic N) is 2. The van der Waals surface area contributed by atoms with Crippen LogP contribution in [-0.4, -0.2) is 24.4 Å². The van der Waals surface area contributed by atoms with Crippen LogP contribution in [0.2, 0.25) is 0 Å². The van der Waals surface area contributed by atoms with E-state index in [4.69, 9.17) is 14.5 Å². The average molecular weight is 457 g/mol. The van der Waals surface area contributed by atoms with E-state index in [9.17, 15) is 0 Å². The van der Waals surface area contributed by atoms with Gasteiger partial charge in [-0.1, -0.05) is 18.2 Å². The van der Waals surface area contributed by atoms with Gasteiger partial charge in [0.25, 0.3) is 0 Å². The molecule has 31 heavy (non-hydrogen) atoms. The van der Waals surface area contributed by atoms with Gasteiger partial charge in [0.2, 0.25) is 0 Å². The summed E-state index contributed by atoms with van der Waals surface area (Å²) < 4.78 is 11.6. The van der Waals surface area contributed by atoms with Gasteiger partial charge in [-0.05, 0) is 78.9 Å². The smallest absolute Gasteiger partial charge is 0.169 e. The number of aromatic nitrogens is 1. The lowest BCUT2D eigenvalue weighted by molar-refractivity contribution is 0.378. The van der Waals surface area contributed by atoms with Crippen molar-refractivity contribution >= 4 is 36.6 Å². The van der Waals surface area contributed by atoms with Gasteiger partial charge in [0, 0.05) is 24.5 Å². The molecule has 1 aliphatic heterocycles. The van der Waals surface area contributed by atoms with E-state index in [2.05, 4.69) is 23.2 Å². The molecule has 0 aliphatic carbocycles. The average Bonchev–Trinajstić information content (AvgIpc) is 2.76. The maximum Gasteiger partial charge on any atom is 0.169 e. The second-order valence-corrected chi connectivity index (χ2v) is 7.07. The van der Waals surface area contributed by atoms with Crippen LogP contribution >= 0.6 is 24.8 Å². The van der Waals surface area contributed by atoms with Gasteiger partial charge in [0.15, 0.2) is 11.5 Å². The van der Waals surface area contributed by atoms with Gasteiger partial charge >= 0.3 is 0 Å². The molecule has 0 N–H and O–H groups in total. The number of aliphatic imine (C=N–C) groups is 1. The number of hydrogen-bond donors (Lipinski definition) is 0. The minimum atomic E-state index is 0. The van der Waals surface area contributed by atoms with Crippen molar-refractivity contribution in [2.75, 3.05) is 13.7 Å². The van der Waals surface area contributed by atoms with Crippen LogP contribution in [0.1, 0.15) is 29.5 Å². The number of allylic oxidation sites excluding steroid dienone is 1. The molecule has 0 spiro atoms. The Balaban J connectivity index is 0.00000171. The number of ether oxygens (including phenoxy) is 2. The first-order chi connectivity index (χ1) is 14.2. The van der Waals surface area contributed by atoms with E-state index < -0.39 is 0 Å². The van der Waals surface area contributed by atoms with Crippen LogP contribution in [-0.2, 0) is 0 Å². The summed E-state index contributed by atoms with van der Waals surface area (Å²) in [6.07, 6.45) is 7.90. The van der Waals surface area contributed by atoms with Crippen LogP contribution in [0.15, 0.2) is 77.6 Å². The van der Waals surface area contributed by atoms with Gasteiger partial charge in [-0.2, -0.15) is 0 Å². The fourth-order valence-corrected chi connectivity index (χ4v) is 3.47. The molecule has 4 rings (SSSR count). The minimum absolute atomic E-state index is 0. The van der Waals surface area contributed by atoms with E-state index in [1.165, 1.54) is 5.57 Å². The summed E-state index contributed by atoms with van der Waals surface area (Å²) >= 11 is 0. The van der Waals surface area contributed by atoms with Gasteiger partial charge in [0.05, 0.1) is 12.8 Å². The topological polar surface area (TPSA) is 43.7 Å². The zero-order valence-corrected chi connectivity index (χ0v) is 19.2. The molecule has 0 radical (unpaired) electrons. The second kappa shape index (κ2) is 11.5. The van der Waals surface area contributed by atoms with Crippen LogP contribution in [0.4, 0.5) is 0 Å². The zero-order valence-electron chi connectivity index (χ0n) is 17.6. The molecule has 6 heteroatoms. The quantitative estimate of drug-likeness (QED) is 0.428. The summed E-state index contributed by atoms with van der Waals surface area (Å²) in [5, 5.41) is 0. The monoisotopic (exact) mass is 456 g/mol. The number of hydrogen-bond acceptors (Lipinski definition) is 4. The summed E-state index contributed by atoms with van der Waals surface area (Å²) in [7, 11) is 1.67. The lowest BCUT2D eigenvalue weighted by atomic mass is 9.95. The van der Waals surface area contributed by atoms with Crippen LogP contribution < -0.4 is 9.47 Å². The van der Waals surface area contributed by atoms with Crippen molar-refractivity contribution in [2.24, 2.45) is 4.99 Å². The van der Waals surface area contributed by atoms with Crippen LogP contribution in [0.3, 0.4) is 0 Å². The zero-order chi connectivity index (χ0) is 20.1. The first-order valence-electron chi connectivity index (χ1n) is 9.81. The molecule has 1 aromatic heterocycles. The lowest BCUT2D eigenvalue weighted by Crippen LogP contribution is -2.11. The highest BCUT2D eigenvalue weighted by atomic mass is 35.5. The molecule has 1 aliphatic rings. The number of halogens is 2. The van der Waals surface area contributed by atoms with Gasteiger partial charge in [-0.3, -0.25) is 9.98 Å². The van der Waals surface area contributed by atoms with Crippen molar-refractivity contribution in [3.8, 4) is 17.2 Å². The molecule has 2 aromatic carbocycles.